The lowest BCUT2D eigenvalue weighted by Gasteiger charge is -2.35. The first kappa shape index (κ1) is 20.5. The number of benzene rings is 1. The number of fused-ring (bicyclic) bond motifs is 1. The molecule has 0 radical (unpaired) electrons. The predicted molar refractivity (Wildman–Crippen MR) is 112 cm³/mol. The van der Waals surface area contributed by atoms with Gasteiger partial charge in [0.15, 0.2) is 5.65 Å². The molecule has 30 heavy (non-hydrogen) atoms. The number of piperazine rings is 1. The van der Waals surface area contributed by atoms with Crippen LogP contribution >= 0.6 is 11.8 Å². The van der Waals surface area contributed by atoms with Gasteiger partial charge < -0.3 is 10.2 Å². The summed E-state index contributed by atoms with van der Waals surface area (Å²) < 4.78 is 26.5. The second-order valence-corrected chi connectivity index (χ2v) is 7.98. The van der Waals surface area contributed by atoms with Crippen molar-refractivity contribution >= 4 is 40.2 Å². The maximum Gasteiger partial charge on any atom is 0.288 e. The molecule has 0 unspecified atom stereocenters. The van der Waals surface area contributed by atoms with Crippen LogP contribution in [0.3, 0.4) is 0 Å². The topological polar surface area (TPSA) is 79.2 Å². The standard InChI is InChI=1S/C19H21F2N7OS/c1-26-17-15(10-24-26)18(23-12-22-17)28-8-6-27(7-9-28)11-16(29)25-13-2-4-14(5-3-13)30-19(20)21/h2-5,10,12,19H,6-9,11H2,1H3,(H,25,29). The molecule has 1 aliphatic rings. The summed E-state index contributed by atoms with van der Waals surface area (Å²) in [6.45, 7) is 3.21. The van der Waals surface area contributed by atoms with Gasteiger partial charge >= 0.3 is 0 Å². The van der Waals surface area contributed by atoms with Crippen LogP contribution in [0.2, 0.25) is 0 Å². The molecule has 11 heteroatoms. The van der Waals surface area contributed by atoms with Gasteiger partial charge in [0.05, 0.1) is 18.1 Å². The van der Waals surface area contributed by atoms with Crippen molar-refractivity contribution in [2.75, 3.05) is 42.9 Å². The van der Waals surface area contributed by atoms with Crippen LogP contribution in [0.25, 0.3) is 11.0 Å². The number of amides is 1. The van der Waals surface area contributed by atoms with Gasteiger partial charge in [-0.15, -0.1) is 0 Å². The normalized spacial score (nSPS) is 15.1. The van der Waals surface area contributed by atoms with Crippen molar-refractivity contribution in [1.82, 2.24) is 24.6 Å². The number of aromatic nitrogens is 4. The number of hydrogen-bond acceptors (Lipinski definition) is 7. The van der Waals surface area contributed by atoms with E-state index in [2.05, 4.69) is 30.2 Å². The van der Waals surface area contributed by atoms with Gasteiger partial charge in [0.25, 0.3) is 5.76 Å². The number of nitrogens with one attached hydrogen (secondary N) is 1. The smallest absolute Gasteiger partial charge is 0.288 e. The third-order valence-electron chi connectivity index (χ3n) is 4.91. The highest BCUT2D eigenvalue weighted by molar-refractivity contribution is 7.99. The molecule has 1 N–H and O–H groups in total. The minimum Gasteiger partial charge on any atom is -0.353 e. The zero-order chi connectivity index (χ0) is 21.1. The van der Waals surface area contributed by atoms with Crippen molar-refractivity contribution in [3.8, 4) is 0 Å². The molecule has 0 atom stereocenters. The average molecular weight is 433 g/mol. The molecule has 3 aromatic rings. The van der Waals surface area contributed by atoms with E-state index in [9.17, 15) is 13.6 Å². The molecule has 3 heterocycles. The summed E-state index contributed by atoms with van der Waals surface area (Å²) in [4.78, 5) is 25.8. The van der Waals surface area contributed by atoms with Crippen molar-refractivity contribution in [2.24, 2.45) is 7.05 Å². The molecule has 1 fully saturated rings. The number of halogens is 2. The van der Waals surface area contributed by atoms with Gasteiger partial charge in [-0.1, -0.05) is 11.8 Å². The van der Waals surface area contributed by atoms with Crippen molar-refractivity contribution < 1.29 is 13.6 Å². The Morgan fingerprint density at radius 3 is 2.60 bits per heavy atom. The minimum atomic E-state index is -2.46. The number of anilines is 2. The van der Waals surface area contributed by atoms with E-state index in [1.54, 1.807) is 41.5 Å². The Balaban J connectivity index is 1.29. The average Bonchev–Trinajstić information content (AvgIpc) is 3.11. The lowest BCUT2D eigenvalue weighted by Crippen LogP contribution is -2.49. The monoisotopic (exact) mass is 433 g/mol. The lowest BCUT2D eigenvalue weighted by atomic mass is 10.2. The Labute approximate surface area is 176 Å². The summed E-state index contributed by atoms with van der Waals surface area (Å²) in [6, 6.07) is 6.42. The number of carbonyl (C=O) groups is 1. The summed E-state index contributed by atoms with van der Waals surface area (Å²) in [5, 5.41) is 7.98. The maximum absolute atomic E-state index is 12.4. The van der Waals surface area contributed by atoms with Crippen LogP contribution in [0.4, 0.5) is 20.3 Å². The molecule has 0 spiro atoms. The number of hydrogen-bond donors (Lipinski definition) is 1. The summed E-state index contributed by atoms with van der Waals surface area (Å²) in [6.07, 6.45) is 3.32. The van der Waals surface area contributed by atoms with Crippen molar-refractivity contribution in [1.29, 1.82) is 0 Å². The van der Waals surface area contributed by atoms with Crippen LogP contribution in [-0.2, 0) is 11.8 Å². The summed E-state index contributed by atoms with van der Waals surface area (Å²) in [7, 11) is 1.85. The van der Waals surface area contributed by atoms with E-state index >= 15 is 0 Å². The van der Waals surface area contributed by atoms with Crippen LogP contribution in [0.15, 0.2) is 41.7 Å². The number of rotatable bonds is 6. The van der Waals surface area contributed by atoms with Crippen molar-refractivity contribution in [3.63, 3.8) is 0 Å². The Bertz CT molecular complexity index is 1020. The number of alkyl halides is 2. The number of nitrogens with zero attached hydrogens (tertiary/aromatic N) is 6. The van der Waals surface area contributed by atoms with Gasteiger partial charge in [0, 0.05) is 43.8 Å². The number of aryl methyl sites for hydroxylation is 1. The van der Waals surface area contributed by atoms with Gasteiger partial charge in [-0.3, -0.25) is 14.4 Å². The minimum absolute atomic E-state index is 0.130. The molecule has 2 aromatic heterocycles. The fraction of sp³-hybridized carbons (Fsp3) is 0.368. The second-order valence-electron chi connectivity index (χ2n) is 6.92. The summed E-state index contributed by atoms with van der Waals surface area (Å²) >= 11 is 0.482. The van der Waals surface area contributed by atoms with E-state index in [1.165, 1.54) is 0 Å². The number of carbonyl (C=O) groups excluding carboxylic acids is 1. The van der Waals surface area contributed by atoms with Gasteiger partial charge in [-0.05, 0) is 24.3 Å². The van der Waals surface area contributed by atoms with Gasteiger partial charge in [0.2, 0.25) is 5.91 Å². The molecule has 8 nitrogen and oxygen atoms in total. The fourth-order valence-corrected chi connectivity index (χ4v) is 3.94. The molecule has 158 valence electrons. The maximum atomic E-state index is 12.4. The van der Waals surface area contributed by atoms with Crippen LogP contribution < -0.4 is 10.2 Å². The molecule has 0 saturated carbocycles. The largest absolute Gasteiger partial charge is 0.353 e. The van der Waals surface area contributed by atoms with Crippen LogP contribution in [-0.4, -0.2) is 69.0 Å². The third kappa shape index (κ3) is 4.68. The molecule has 1 amide bonds. The molecule has 1 aromatic carbocycles. The van der Waals surface area contributed by atoms with E-state index < -0.39 is 5.76 Å². The molecule has 0 aliphatic carbocycles. The first-order chi connectivity index (χ1) is 14.5. The SMILES string of the molecule is Cn1ncc2c(N3CCN(CC(=O)Nc4ccc(SC(F)F)cc4)CC3)ncnc21. The van der Waals surface area contributed by atoms with Crippen molar-refractivity contribution in [2.45, 2.75) is 10.7 Å². The first-order valence-electron chi connectivity index (χ1n) is 9.44. The van der Waals surface area contributed by atoms with E-state index in [-0.39, 0.29) is 12.5 Å². The molecule has 0 bridgehead atoms. The number of thioether (sulfide) groups is 1. The molecular formula is C19H21F2N7OS. The Morgan fingerprint density at radius 1 is 1.17 bits per heavy atom. The van der Waals surface area contributed by atoms with Crippen LogP contribution in [0, 0.1) is 0 Å². The van der Waals surface area contributed by atoms with E-state index in [4.69, 9.17) is 0 Å². The summed E-state index contributed by atoms with van der Waals surface area (Å²) in [5.41, 5.74) is 1.39. The van der Waals surface area contributed by atoms with Crippen LogP contribution in [0.5, 0.6) is 0 Å². The highest BCUT2D eigenvalue weighted by Gasteiger charge is 2.22. The molecule has 1 saturated heterocycles. The van der Waals surface area contributed by atoms with Crippen LogP contribution in [0.1, 0.15) is 0 Å². The van der Waals surface area contributed by atoms with Gasteiger partial charge in [-0.2, -0.15) is 13.9 Å². The predicted octanol–water partition coefficient (Wildman–Crippen LogP) is 2.44. The Morgan fingerprint density at radius 2 is 1.90 bits per heavy atom. The zero-order valence-corrected chi connectivity index (χ0v) is 17.1. The summed E-state index contributed by atoms with van der Waals surface area (Å²) in [5.74, 6) is -1.73. The molecule has 4 rings (SSSR count). The highest BCUT2D eigenvalue weighted by Crippen LogP contribution is 2.26. The Kier molecular flexibility index (Phi) is 6.09. The highest BCUT2D eigenvalue weighted by atomic mass is 32.2. The fourth-order valence-electron chi connectivity index (χ4n) is 3.44. The molecule has 1 aliphatic heterocycles. The zero-order valence-electron chi connectivity index (χ0n) is 16.3. The molecular weight excluding hydrogens is 412 g/mol. The first-order valence-corrected chi connectivity index (χ1v) is 10.3. The van der Waals surface area contributed by atoms with Gasteiger partial charge in [0.1, 0.15) is 12.1 Å². The van der Waals surface area contributed by atoms with E-state index in [0.29, 0.717) is 22.3 Å². The quantitative estimate of drug-likeness (QED) is 0.598. The van der Waals surface area contributed by atoms with E-state index in [1.807, 2.05) is 7.05 Å². The second kappa shape index (κ2) is 8.92. The third-order valence-corrected chi connectivity index (χ3v) is 5.63. The van der Waals surface area contributed by atoms with Gasteiger partial charge in [-0.25, -0.2) is 9.97 Å². The Hall–Kier alpha value is -2.79. The van der Waals surface area contributed by atoms with Crippen molar-refractivity contribution in [3.05, 3.63) is 36.8 Å². The van der Waals surface area contributed by atoms with E-state index in [0.717, 1.165) is 43.0 Å². The lowest BCUT2D eigenvalue weighted by molar-refractivity contribution is -0.117.